The minimum Gasteiger partial charge on any atom is -0.395 e. The summed E-state index contributed by atoms with van der Waals surface area (Å²) in [6, 6.07) is 1.52. The molecule has 0 bridgehead atoms. The van der Waals surface area contributed by atoms with Gasteiger partial charge < -0.3 is 17.2 Å². The monoisotopic (exact) mass is 279 g/mol. The number of aryl methyl sites for hydroxylation is 2. The first kappa shape index (κ1) is 13.5. The number of rotatable bonds is 4. The van der Waals surface area contributed by atoms with Crippen LogP contribution < -0.4 is 17.2 Å². The summed E-state index contributed by atoms with van der Waals surface area (Å²) in [7, 11) is 0. The predicted molar refractivity (Wildman–Crippen MR) is 76.6 cm³/mol. The molecule has 0 saturated heterocycles. The smallest absolute Gasteiger partial charge is 0.197 e. The molecular formula is C11H17N7S. The van der Waals surface area contributed by atoms with Crippen LogP contribution in [0.1, 0.15) is 19.0 Å². The van der Waals surface area contributed by atoms with Gasteiger partial charge >= 0.3 is 0 Å². The zero-order valence-electron chi connectivity index (χ0n) is 10.9. The maximum atomic E-state index is 6.04. The lowest BCUT2D eigenvalue weighted by atomic mass is 10.4. The van der Waals surface area contributed by atoms with Crippen LogP contribution in [0.4, 0.5) is 17.3 Å². The van der Waals surface area contributed by atoms with Gasteiger partial charge in [-0.3, -0.25) is 4.68 Å². The SMILES string of the molecule is CCCn1nc(C)c(N)c1Sc1nc(N)cc(N)n1. The van der Waals surface area contributed by atoms with Crippen LogP contribution in [0.15, 0.2) is 16.2 Å². The molecule has 0 aromatic carbocycles. The minimum atomic E-state index is 0.340. The maximum Gasteiger partial charge on any atom is 0.197 e. The van der Waals surface area contributed by atoms with Crippen molar-refractivity contribution in [2.45, 2.75) is 37.0 Å². The van der Waals surface area contributed by atoms with E-state index in [1.807, 2.05) is 11.6 Å². The average molecular weight is 279 g/mol. The molecule has 19 heavy (non-hydrogen) atoms. The number of hydrogen-bond donors (Lipinski definition) is 3. The molecule has 2 aromatic heterocycles. The van der Waals surface area contributed by atoms with Crippen molar-refractivity contribution in [1.82, 2.24) is 19.7 Å². The maximum absolute atomic E-state index is 6.04. The molecule has 102 valence electrons. The Morgan fingerprint density at radius 3 is 2.42 bits per heavy atom. The highest BCUT2D eigenvalue weighted by atomic mass is 32.2. The summed E-state index contributed by atoms with van der Waals surface area (Å²) in [5.41, 5.74) is 18.8. The molecule has 8 heteroatoms. The van der Waals surface area contributed by atoms with Gasteiger partial charge in [-0.15, -0.1) is 0 Å². The Hall–Kier alpha value is -1.96. The zero-order valence-corrected chi connectivity index (χ0v) is 11.7. The molecule has 0 aliphatic carbocycles. The molecule has 2 heterocycles. The summed E-state index contributed by atoms with van der Waals surface area (Å²) >= 11 is 1.32. The van der Waals surface area contributed by atoms with Crippen molar-refractivity contribution < 1.29 is 0 Å². The first-order valence-electron chi connectivity index (χ1n) is 5.92. The second-order valence-electron chi connectivity index (χ2n) is 4.13. The molecule has 2 aromatic rings. The highest BCUT2D eigenvalue weighted by Gasteiger charge is 2.15. The van der Waals surface area contributed by atoms with E-state index in [4.69, 9.17) is 17.2 Å². The fourth-order valence-corrected chi connectivity index (χ4v) is 2.61. The molecule has 0 amide bonds. The topological polar surface area (TPSA) is 122 Å². The highest BCUT2D eigenvalue weighted by Crippen LogP contribution is 2.32. The minimum absolute atomic E-state index is 0.340. The Morgan fingerprint density at radius 1 is 1.21 bits per heavy atom. The van der Waals surface area contributed by atoms with Gasteiger partial charge in [-0.05, 0) is 25.1 Å². The lowest BCUT2D eigenvalue weighted by Gasteiger charge is -2.06. The standard InChI is InChI=1S/C11H17N7S/c1-3-4-18-10(9(14)6(2)17-18)19-11-15-7(12)5-8(13)16-11/h5H,3-4,14H2,1-2H3,(H4,12,13,15,16). The fourth-order valence-electron chi connectivity index (χ4n) is 1.64. The quantitative estimate of drug-likeness (QED) is 0.721. The number of anilines is 3. The number of nitrogen functional groups attached to an aromatic ring is 3. The van der Waals surface area contributed by atoms with Crippen LogP contribution >= 0.6 is 11.8 Å². The Labute approximate surface area is 115 Å². The molecule has 7 nitrogen and oxygen atoms in total. The lowest BCUT2D eigenvalue weighted by molar-refractivity contribution is 0.555. The number of aromatic nitrogens is 4. The predicted octanol–water partition coefficient (Wildman–Crippen LogP) is 1.29. The van der Waals surface area contributed by atoms with Gasteiger partial charge in [-0.1, -0.05) is 6.92 Å². The summed E-state index contributed by atoms with van der Waals surface area (Å²) in [6.45, 7) is 4.74. The largest absolute Gasteiger partial charge is 0.395 e. The van der Waals surface area contributed by atoms with E-state index in [1.165, 1.54) is 17.8 Å². The van der Waals surface area contributed by atoms with Crippen molar-refractivity contribution in [3.8, 4) is 0 Å². The van der Waals surface area contributed by atoms with E-state index in [-0.39, 0.29) is 0 Å². The Bertz CT molecular complexity index is 573. The molecular weight excluding hydrogens is 262 g/mol. The van der Waals surface area contributed by atoms with Crippen LogP contribution in [-0.4, -0.2) is 19.7 Å². The molecule has 0 radical (unpaired) electrons. The fraction of sp³-hybridized carbons (Fsp3) is 0.364. The summed E-state index contributed by atoms with van der Waals surface area (Å²) in [4.78, 5) is 8.27. The van der Waals surface area contributed by atoms with E-state index >= 15 is 0 Å². The van der Waals surface area contributed by atoms with Crippen LogP contribution in [0.5, 0.6) is 0 Å². The van der Waals surface area contributed by atoms with Crippen LogP contribution in [-0.2, 0) is 6.54 Å². The van der Waals surface area contributed by atoms with E-state index in [1.54, 1.807) is 0 Å². The van der Waals surface area contributed by atoms with E-state index < -0.39 is 0 Å². The van der Waals surface area contributed by atoms with Gasteiger partial charge in [-0.2, -0.15) is 5.10 Å². The molecule has 0 saturated carbocycles. The van der Waals surface area contributed by atoms with Gasteiger partial charge in [0.05, 0.1) is 11.4 Å². The van der Waals surface area contributed by atoms with Crippen LogP contribution in [0.2, 0.25) is 0 Å². The summed E-state index contributed by atoms with van der Waals surface area (Å²) < 4.78 is 1.86. The summed E-state index contributed by atoms with van der Waals surface area (Å²) in [5.74, 6) is 0.679. The van der Waals surface area contributed by atoms with Gasteiger partial charge in [0.1, 0.15) is 16.7 Å². The number of nitrogens with zero attached hydrogens (tertiary/aromatic N) is 4. The van der Waals surface area contributed by atoms with Crippen molar-refractivity contribution >= 4 is 29.1 Å². The zero-order chi connectivity index (χ0) is 14.0. The van der Waals surface area contributed by atoms with E-state index in [9.17, 15) is 0 Å². The average Bonchev–Trinajstić information content (AvgIpc) is 2.56. The molecule has 0 spiro atoms. The van der Waals surface area contributed by atoms with Crippen molar-refractivity contribution in [1.29, 1.82) is 0 Å². The van der Waals surface area contributed by atoms with Crippen molar-refractivity contribution in [2.75, 3.05) is 17.2 Å². The van der Waals surface area contributed by atoms with E-state index in [0.717, 1.165) is 23.7 Å². The molecule has 2 rings (SSSR count). The molecule has 0 fully saturated rings. The molecule has 0 unspecified atom stereocenters. The van der Waals surface area contributed by atoms with Gasteiger partial charge in [0, 0.05) is 12.6 Å². The molecule has 0 atom stereocenters. The van der Waals surface area contributed by atoms with Gasteiger partial charge in [-0.25, -0.2) is 9.97 Å². The van der Waals surface area contributed by atoms with Crippen LogP contribution in [0, 0.1) is 6.92 Å². The van der Waals surface area contributed by atoms with Crippen LogP contribution in [0.3, 0.4) is 0 Å². The van der Waals surface area contributed by atoms with Crippen molar-refractivity contribution in [3.63, 3.8) is 0 Å². The number of nitrogens with two attached hydrogens (primary N) is 3. The highest BCUT2D eigenvalue weighted by molar-refractivity contribution is 7.99. The Balaban J connectivity index is 2.36. The third kappa shape index (κ3) is 2.90. The van der Waals surface area contributed by atoms with Gasteiger partial charge in [0.25, 0.3) is 0 Å². The first-order valence-corrected chi connectivity index (χ1v) is 6.73. The van der Waals surface area contributed by atoms with Crippen LogP contribution in [0.25, 0.3) is 0 Å². The van der Waals surface area contributed by atoms with Crippen molar-refractivity contribution in [3.05, 3.63) is 11.8 Å². The Kier molecular flexibility index (Phi) is 3.79. The molecule has 0 aliphatic rings. The first-order chi connectivity index (χ1) is 9.01. The number of hydrogen-bond acceptors (Lipinski definition) is 7. The summed E-state index contributed by atoms with van der Waals surface area (Å²) in [5, 5.41) is 5.69. The second-order valence-corrected chi connectivity index (χ2v) is 5.09. The van der Waals surface area contributed by atoms with Crippen molar-refractivity contribution in [2.24, 2.45) is 0 Å². The van der Waals surface area contributed by atoms with E-state index in [0.29, 0.717) is 22.5 Å². The van der Waals surface area contributed by atoms with Gasteiger partial charge in [0.2, 0.25) is 0 Å². The normalized spacial score (nSPS) is 10.8. The van der Waals surface area contributed by atoms with Gasteiger partial charge in [0.15, 0.2) is 5.16 Å². The van der Waals surface area contributed by atoms with E-state index in [2.05, 4.69) is 22.0 Å². The molecule has 6 N–H and O–H groups in total. The third-order valence-electron chi connectivity index (χ3n) is 2.49. The molecule has 0 aliphatic heterocycles. The summed E-state index contributed by atoms with van der Waals surface area (Å²) in [6.07, 6.45) is 0.966. The Morgan fingerprint density at radius 2 is 1.84 bits per heavy atom. The third-order valence-corrected chi connectivity index (χ3v) is 3.48. The lowest BCUT2D eigenvalue weighted by Crippen LogP contribution is -2.03. The second kappa shape index (κ2) is 5.35.